The second-order valence-corrected chi connectivity index (χ2v) is 9.44. The molecule has 2 aromatic rings. The van der Waals surface area contributed by atoms with Gasteiger partial charge in [-0.05, 0) is 76.9 Å². The minimum absolute atomic E-state index is 0.0580. The molecule has 7 heteroatoms. The molecule has 1 amide bonds. The number of aromatic nitrogens is 3. The van der Waals surface area contributed by atoms with Crippen molar-refractivity contribution >= 4 is 21.8 Å². The van der Waals surface area contributed by atoms with E-state index in [1.807, 2.05) is 28.9 Å². The summed E-state index contributed by atoms with van der Waals surface area (Å²) in [6.07, 6.45) is 5.96. The van der Waals surface area contributed by atoms with E-state index in [0.29, 0.717) is 18.2 Å². The molecule has 1 aromatic heterocycles. The minimum atomic E-state index is -0.115. The number of nitrogens with one attached hydrogen (secondary N) is 1. The Bertz CT molecular complexity index is 835. The van der Waals surface area contributed by atoms with Gasteiger partial charge in [0.15, 0.2) is 5.69 Å². The van der Waals surface area contributed by atoms with E-state index < -0.39 is 0 Å². The van der Waals surface area contributed by atoms with Crippen molar-refractivity contribution in [2.24, 2.45) is 0 Å². The fourth-order valence-corrected chi connectivity index (χ4v) is 4.20. The summed E-state index contributed by atoms with van der Waals surface area (Å²) >= 11 is 3.46. The number of carbonyl (C=O) groups excluding carboxylic acids is 1. The lowest BCUT2D eigenvalue weighted by Crippen LogP contribution is -2.53. The highest BCUT2D eigenvalue weighted by Crippen LogP contribution is 2.42. The van der Waals surface area contributed by atoms with Gasteiger partial charge in [0.25, 0.3) is 5.91 Å². The van der Waals surface area contributed by atoms with Gasteiger partial charge in [0.05, 0.1) is 11.4 Å². The van der Waals surface area contributed by atoms with Crippen molar-refractivity contribution in [1.82, 2.24) is 25.2 Å². The van der Waals surface area contributed by atoms with Crippen LogP contribution >= 0.6 is 15.9 Å². The maximum Gasteiger partial charge on any atom is 0.273 e. The molecular weight excluding hydrogens is 418 g/mol. The van der Waals surface area contributed by atoms with E-state index in [9.17, 15) is 4.79 Å². The number of hydrogen-bond acceptors (Lipinski definition) is 4. The van der Waals surface area contributed by atoms with Gasteiger partial charge in [-0.15, -0.1) is 5.10 Å². The molecule has 1 aliphatic heterocycles. The predicted molar refractivity (Wildman–Crippen MR) is 113 cm³/mol. The third-order valence-corrected chi connectivity index (χ3v) is 6.38. The van der Waals surface area contributed by atoms with Crippen molar-refractivity contribution in [2.45, 2.75) is 57.4 Å². The minimum Gasteiger partial charge on any atom is -0.349 e. The zero-order chi connectivity index (χ0) is 19.7. The molecule has 6 nitrogen and oxygen atoms in total. The van der Waals surface area contributed by atoms with E-state index in [0.717, 1.165) is 41.8 Å². The largest absolute Gasteiger partial charge is 0.349 e. The molecule has 2 fully saturated rings. The first kappa shape index (κ1) is 19.6. The summed E-state index contributed by atoms with van der Waals surface area (Å²) < 4.78 is 2.84. The van der Waals surface area contributed by atoms with Crippen molar-refractivity contribution in [1.29, 1.82) is 0 Å². The average Bonchev–Trinajstić information content (AvgIpc) is 3.45. The van der Waals surface area contributed by atoms with Gasteiger partial charge in [-0.3, -0.25) is 9.69 Å². The van der Waals surface area contributed by atoms with Crippen LogP contribution in [0, 0.1) is 0 Å². The van der Waals surface area contributed by atoms with Crippen LogP contribution in [0.25, 0.3) is 5.69 Å². The van der Waals surface area contributed by atoms with Crippen molar-refractivity contribution in [2.75, 3.05) is 19.6 Å². The van der Waals surface area contributed by atoms with Crippen LogP contribution in [0.4, 0.5) is 0 Å². The Kier molecular flexibility index (Phi) is 5.56. The summed E-state index contributed by atoms with van der Waals surface area (Å²) in [5.74, 6) is 0.254. The predicted octanol–water partition coefficient (Wildman–Crippen LogP) is 3.90. The summed E-state index contributed by atoms with van der Waals surface area (Å²) in [6.45, 7) is 7.24. The van der Waals surface area contributed by atoms with E-state index >= 15 is 0 Å². The molecule has 2 heterocycles. The Morgan fingerprint density at radius 2 is 1.86 bits per heavy atom. The molecule has 150 valence electrons. The molecule has 1 aromatic carbocycles. The van der Waals surface area contributed by atoms with Gasteiger partial charge in [-0.2, -0.15) is 0 Å². The molecule has 4 rings (SSSR count). The van der Waals surface area contributed by atoms with E-state index in [-0.39, 0.29) is 11.4 Å². The standard InChI is InChI=1S/C21H28BrN5O/c1-21(2,26-12-4-3-5-13-26)14-23-20(28)18-19(15-6-7-15)27(25-24-18)17-10-8-16(22)9-11-17/h8-11,15H,3-7,12-14H2,1-2H3,(H,23,28). The Morgan fingerprint density at radius 1 is 1.18 bits per heavy atom. The number of hydrogen-bond donors (Lipinski definition) is 1. The monoisotopic (exact) mass is 445 g/mol. The first-order chi connectivity index (χ1) is 13.5. The van der Waals surface area contributed by atoms with Gasteiger partial charge in [-0.1, -0.05) is 27.6 Å². The summed E-state index contributed by atoms with van der Waals surface area (Å²) in [5, 5.41) is 11.7. The third kappa shape index (κ3) is 4.15. The van der Waals surface area contributed by atoms with Gasteiger partial charge in [-0.25, -0.2) is 4.68 Å². The highest BCUT2D eigenvalue weighted by atomic mass is 79.9. The average molecular weight is 446 g/mol. The molecule has 0 spiro atoms. The lowest BCUT2D eigenvalue weighted by atomic mass is 9.98. The fraction of sp³-hybridized carbons (Fsp3) is 0.571. The fourth-order valence-electron chi connectivity index (χ4n) is 3.94. The van der Waals surface area contributed by atoms with Crippen LogP contribution in [0.15, 0.2) is 28.7 Å². The van der Waals surface area contributed by atoms with Gasteiger partial charge in [0.1, 0.15) is 0 Å². The van der Waals surface area contributed by atoms with Gasteiger partial charge >= 0.3 is 0 Å². The van der Waals surface area contributed by atoms with Crippen LogP contribution in [0.1, 0.15) is 68.1 Å². The number of nitrogens with zero attached hydrogens (tertiary/aromatic N) is 4. The molecule has 0 bridgehead atoms. The zero-order valence-electron chi connectivity index (χ0n) is 16.6. The number of piperidine rings is 1. The highest BCUT2D eigenvalue weighted by molar-refractivity contribution is 9.10. The molecule has 0 unspecified atom stereocenters. The second kappa shape index (κ2) is 7.95. The van der Waals surface area contributed by atoms with Gasteiger partial charge in [0.2, 0.25) is 0 Å². The quantitative estimate of drug-likeness (QED) is 0.731. The second-order valence-electron chi connectivity index (χ2n) is 8.53. The van der Waals surface area contributed by atoms with Crippen molar-refractivity contribution in [3.63, 3.8) is 0 Å². The molecule has 0 atom stereocenters. The van der Waals surface area contributed by atoms with Crippen LogP contribution in [0.2, 0.25) is 0 Å². The molecule has 28 heavy (non-hydrogen) atoms. The maximum atomic E-state index is 13.0. The number of halogens is 1. The van der Waals surface area contributed by atoms with Crippen molar-refractivity contribution < 1.29 is 4.79 Å². The normalized spacial score (nSPS) is 18.2. The summed E-state index contributed by atoms with van der Waals surface area (Å²) in [7, 11) is 0. The van der Waals surface area contributed by atoms with Crippen LogP contribution in [-0.2, 0) is 0 Å². The summed E-state index contributed by atoms with van der Waals surface area (Å²) in [4.78, 5) is 15.5. The van der Waals surface area contributed by atoms with E-state index in [2.05, 4.69) is 50.3 Å². The summed E-state index contributed by atoms with van der Waals surface area (Å²) in [5.41, 5.74) is 2.29. The third-order valence-electron chi connectivity index (χ3n) is 5.85. The van der Waals surface area contributed by atoms with E-state index in [1.165, 1.54) is 19.3 Å². The number of likely N-dealkylation sites (tertiary alicyclic amines) is 1. The molecule has 1 saturated carbocycles. The molecular formula is C21H28BrN5O. The van der Waals surface area contributed by atoms with Crippen LogP contribution in [-0.4, -0.2) is 51.0 Å². The Labute approximate surface area is 174 Å². The van der Waals surface area contributed by atoms with Crippen molar-refractivity contribution in [3.05, 3.63) is 40.1 Å². The molecule has 1 N–H and O–H groups in total. The highest BCUT2D eigenvalue weighted by Gasteiger charge is 2.35. The van der Waals surface area contributed by atoms with Gasteiger partial charge in [0, 0.05) is 22.5 Å². The molecule has 1 aliphatic carbocycles. The number of benzene rings is 1. The Hall–Kier alpha value is -1.73. The van der Waals surface area contributed by atoms with Crippen LogP contribution in [0.5, 0.6) is 0 Å². The molecule has 0 radical (unpaired) electrons. The molecule has 1 saturated heterocycles. The Balaban J connectivity index is 1.50. The smallest absolute Gasteiger partial charge is 0.273 e. The van der Waals surface area contributed by atoms with E-state index in [4.69, 9.17) is 0 Å². The number of rotatable bonds is 6. The van der Waals surface area contributed by atoms with E-state index in [1.54, 1.807) is 0 Å². The lowest BCUT2D eigenvalue weighted by Gasteiger charge is -2.41. The van der Waals surface area contributed by atoms with Crippen LogP contribution in [0.3, 0.4) is 0 Å². The molecule has 2 aliphatic rings. The Morgan fingerprint density at radius 3 is 2.50 bits per heavy atom. The first-order valence-corrected chi connectivity index (χ1v) is 11.0. The van der Waals surface area contributed by atoms with Crippen LogP contribution < -0.4 is 5.32 Å². The summed E-state index contributed by atoms with van der Waals surface area (Å²) in [6, 6.07) is 7.95. The maximum absolute atomic E-state index is 13.0. The zero-order valence-corrected chi connectivity index (χ0v) is 18.2. The first-order valence-electron chi connectivity index (χ1n) is 10.2. The van der Waals surface area contributed by atoms with Crippen molar-refractivity contribution in [3.8, 4) is 5.69 Å². The number of amides is 1. The van der Waals surface area contributed by atoms with Gasteiger partial charge < -0.3 is 5.32 Å². The SMILES string of the molecule is CC(C)(CNC(=O)c1nnn(-c2ccc(Br)cc2)c1C1CC1)N1CCCCC1. The topological polar surface area (TPSA) is 63.1 Å². The lowest BCUT2D eigenvalue weighted by molar-refractivity contribution is 0.0793. The number of carbonyl (C=O) groups is 1.